The molecule has 0 aliphatic carbocycles. The number of phenolic OH excluding ortho intramolecular Hbond substituents is 1. The van der Waals surface area contributed by atoms with Crippen molar-refractivity contribution in [2.24, 2.45) is 0 Å². The molecule has 1 heterocycles. The maximum Gasteiger partial charge on any atom is 0.265 e. The largest absolute Gasteiger partial charge is 0.504 e. The van der Waals surface area contributed by atoms with Crippen LogP contribution in [0.15, 0.2) is 22.0 Å². The summed E-state index contributed by atoms with van der Waals surface area (Å²) in [6.07, 6.45) is 0. The number of rotatable bonds is 2. The minimum Gasteiger partial charge on any atom is -0.504 e. The molecule has 0 aliphatic rings. The van der Waals surface area contributed by atoms with E-state index in [-0.39, 0.29) is 22.4 Å². The molecule has 0 saturated heterocycles. The van der Waals surface area contributed by atoms with Crippen LogP contribution in [0, 0.1) is 6.92 Å². The van der Waals surface area contributed by atoms with Crippen LogP contribution in [0.25, 0.3) is 0 Å². The average Bonchev–Trinajstić information content (AvgIpc) is 2.66. The van der Waals surface area contributed by atoms with Gasteiger partial charge in [0.25, 0.3) is 5.91 Å². The predicted octanol–water partition coefficient (Wildman–Crippen LogP) is 5.08. The summed E-state index contributed by atoms with van der Waals surface area (Å²) >= 11 is 16.3. The number of phenols is 1. The second-order valence-electron chi connectivity index (χ2n) is 3.81. The summed E-state index contributed by atoms with van der Waals surface area (Å²) in [6.45, 7) is 1.89. The molecular formula is C12H8BrCl2NO2S. The zero-order chi connectivity index (χ0) is 14.2. The average molecular weight is 381 g/mol. The van der Waals surface area contributed by atoms with E-state index in [4.69, 9.17) is 23.2 Å². The number of thiophene rings is 1. The van der Waals surface area contributed by atoms with E-state index in [9.17, 15) is 9.90 Å². The first-order valence-corrected chi connectivity index (χ1v) is 7.50. The number of amides is 1. The fourth-order valence-electron chi connectivity index (χ4n) is 1.42. The molecule has 0 saturated carbocycles. The summed E-state index contributed by atoms with van der Waals surface area (Å²) in [4.78, 5) is 12.6. The van der Waals surface area contributed by atoms with Gasteiger partial charge >= 0.3 is 0 Å². The van der Waals surface area contributed by atoms with Crippen LogP contribution in [0.5, 0.6) is 5.75 Å². The zero-order valence-corrected chi connectivity index (χ0v) is 13.5. The normalized spacial score (nSPS) is 10.5. The number of nitrogens with one attached hydrogen (secondary N) is 1. The van der Waals surface area contributed by atoms with Gasteiger partial charge in [-0.25, -0.2) is 0 Å². The zero-order valence-electron chi connectivity index (χ0n) is 9.63. The van der Waals surface area contributed by atoms with Crippen molar-refractivity contribution in [1.29, 1.82) is 0 Å². The molecular weight excluding hydrogens is 373 g/mol. The van der Waals surface area contributed by atoms with Gasteiger partial charge in [-0.3, -0.25) is 4.79 Å². The van der Waals surface area contributed by atoms with E-state index in [1.165, 1.54) is 23.5 Å². The Kier molecular flexibility index (Phi) is 4.40. The van der Waals surface area contributed by atoms with Crippen LogP contribution in [0.4, 0.5) is 5.69 Å². The lowest BCUT2D eigenvalue weighted by Crippen LogP contribution is -2.10. The predicted molar refractivity (Wildman–Crippen MR) is 82.8 cm³/mol. The first-order chi connectivity index (χ1) is 8.88. The highest BCUT2D eigenvalue weighted by Gasteiger charge is 2.15. The third-order valence-corrected chi connectivity index (χ3v) is 5.00. The van der Waals surface area contributed by atoms with Crippen LogP contribution in [0.1, 0.15) is 15.2 Å². The standard InChI is InChI=1S/C12H8BrCl2NO2S/c1-5-2-9(19-11(5)13)12(18)16-8-4-6(14)3-7(15)10(8)17/h2-4,17H,1H3,(H,16,18). The number of aryl methyl sites for hydroxylation is 1. The first-order valence-electron chi connectivity index (χ1n) is 5.13. The van der Waals surface area contributed by atoms with E-state index in [1.54, 1.807) is 6.07 Å². The smallest absolute Gasteiger partial charge is 0.265 e. The van der Waals surface area contributed by atoms with Gasteiger partial charge in [0.1, 0.15) is 0 Å². The molecule has 7 heteroatoms. The first kappa shape index (κ1) is 14.7. The summed E-state index contributed by atoms with van der Waals surface area (Å²) in [6, 6.07) is 4.60. The van der Waals surface area contributed by atoms with Crippen LogP contribution < -0.4 is 5.32 Å². The second kappa shape index (κ2) is 5.71. The summed E-state index contributed by atoms with van der Waals surface area (Å²) in [5, 5.41) is 12.8. The minimum absolute atomic E-state index is 0.0892. The summed E-state index contributed by atoms with van der Waals surface area (Å²) in [5.74, 6) is -0.529. The molecule has 0 aliphatic heterocycles. The van der Waals surface area contributed by atoms with Crippen LogP contribution in [0.2, 0.25) is 10.0 Å². The van der Waals surface area contributed by atoms with Gasteiger partial charge in [0, 0.05) is 5.02 Å². The van der Waals surface area contributed by atoms with E-state index in [0.29, 0.717) is 9.90 Å². The van der Waals surface area contributed by atoms with Gasteiger partial charge < -0.3 is 10.4 Å². The molecule has 19 heavy (non-hydrogen) atoms. The van der Waals surface area contributed by atoms with Gasteiger partial charge in [-0.15, -0.1) is 11.3 Å². The van der Waals surface area contributed by atoms with Gasteiger partial charge in [-0.1, -0.05) is 23.2 Å². The molecule has 3 nitrogen and oxygen atoms in total. The molecule has 100 valence electrons. The summed E-state index contributed by atoms with van der Waals surface area (Å²) in [7, 11) is 0. The Labute approximate surface area is 132 Å². The molecule has 2 N–H and O–H groups in total. The van der Waals surface area contributed by atoms with E-state index in [0.717, 1.165) is 9.35 Å². The van der Waals surface area contributed by atoms with Gasteiger partial charge in [0.05, 0.1) is 19.4 Å². The third kappa shape index (κ3) is 3.23. The summed E-state index contributed by atoms with van der Waals surface area (Å²) < 4.78 is 0.894. The lowest BCUT2D eigenvalue weighted by atomic mass is 10.2. The van der Waals surface area contributed by atoms with Crippen molar-refractivity contribution in [1.82, 2.24) is 0 Å². The fourth-order valence-corrected chi connectivity index (χ4v) is 3.34. The van der Waals surface area contributed by atoms with Crippen molar-refractivity contribution in [3.8, 4) is 5.75 Å². The summed E-state index contributed by atoms with van der Waals surface area (Å²) in [5.41, 5.74) is 1.16. The molecule has 0 bridgehead atoms. The van der Waals surface area contributed by atoms with E-state index < -0.39 is 0 Å². The number of anilines is 1. The quantitative estimate of drug-likeness (QED) is 0.713. The Balaban J connectivity index is 2.29. The van der Waals surface area contributed by atoms with Gasteiger partial charge in [-0.2, -0.15) is 0 Å². The van der Waals surface area contributed by atoms with E-state index >= 15 is 0 Å². The Bertz CT molecular complexity index is 638. The molecule has 1 aromatic heterocycles. The Morgan fingerprint density at radius 1 is 1.37 bits per heavy atom. The fraction of sp³-hybridized carbons (Fsp3) is 0.0833. The van der Waals surface area contributed by atoms with E-state index in [1.807, 2.05) is 6.92 Å². The van der Waals surface area contributed by atoms with Crippen LogP contribution >= 0.6 is 50.5 Å². The SMILES string of the molecule is Cc1cc(C(=O)Nc2cc(Cl)cc(Cl)c2O)sc1Br. The monoisotopic (exact) mass is 379 g/mol. The highest BCUT2D eigenvalue weighted by atomic mass is 79.9. The second-order valence-corrected chi connectivity index (χ2v) is 7.02. The lowest BCUT2D eigenvalue weighted by Gasteiger charge is -2.08. The number of hydrogen-bond acceptors (Lipinski definition) is 3. The maximum absolute atomic E-state index is 12.0. The van der Waals surface area contributed by atoms with Gasteiger partial charge in [0.15, 0.2) is 5.75 Å². The van der Waals surface area contributed by atoms with Crippen molar-refractivity contribution < 1.29 is 9.90 Å². The van der Waals surface area contributed by atoms with Crippen molar-refractivity contribution in [3.63, 3.8) is 0 Å². The number of hydrogen-bond donors (Lipinski definition) is 2. The highest BCUT2D eigenvalue weighted by Crippen LogP contribution is 2.36. The van der Waals surface area contributed by atoms with E-state index in [2.05, 4.69) is 21.2 Å². The number of carbonyl (C=O) groups is 1. The number of carbonyl (C=O) groups excluding carboxylic acids is 1. The third-order valence-electron chi connectivity index (χ3n) is 2.36. The molecule has 0 fully saturated rings. The molecule has 1 amide bonds. The number of halogens is 3. The van der Waals surface area contributed by atoms with Gasteiger partial charge in [0.2, 0.25) is 0 Å². The molecule has 2 aromatic rings. The van der Waals surface area contributed by atoms with Crippen molar-refractivity contribution in [2.45, 2.75) is 6.92 Å². The molecule has 0 unspecified atom stereocenters. The number of benzene rings is 1. The van der Waals surface area contributed by atoms with Crippen LogP contribution in [-0.2, 0) is 0 Å². The van der Waals surface area contributed by atoms with Crippen molar-refractivity contribution >= 4 is 62.1 Å². The molecule has 2 rings (SSSR count). The lowest BCUT2D eigenvalue weighted by molar-refractivity contribution is 0.103. The van der Waals surface area contributed by atoms with Crippen LogP contribution in [-0.4, -0.2) is 11.0 Å². The Hall–Kier alpha value is -0.750. The van der Waals surface area contributed by atoms with Crippen molar-refractivity contribution in [3.05, 3.63) is 42.5 Å². The molecule has 0 atom stereocenters. The van der Waals surface area contributed by atoms with Crippen molar-refractivity contribution in [2.75, 3.05) is 5.32 Å². The highest BCUT2D eigenvalue weighted by molar-refractivity contribution is 9.11. The molecule has 0 radical (unpaired) electrons. The maximum atomic E-state index is 12.0. The number of aromatic hydroxyl groups is 1. The minimum atomic E-state index is -0.326. The van der Waals surface area contributed by atoms with Crippen LogP contribution in [0.3, 0.4) is 0 Å². The molecule has 0 spiro atoms. The van der Waals surface area contributed by atoms with Gasteiger partial charge in [-0.05, 0) is 46.6 Å². The Morgan fingerprint density at radius 2 is 2.05 bits per heavy atom. The topological polar surface area (TPSA) is 49.3 Å². The molecule has 1 aromatic carbocycles. The Morgan fingerprint density at radius 3 is 2.63 bits per heavy atom.